The Morgan fingerprint density at radius 2 is 1.75 bits per heavy atom. The zero-order valence-corrected chi connectivity index (χ0v) is 24.6. The fourth-order valence-corrected chi connectivity index (χ4v) is 3.92. The number of alkyl halides is 6. The van der Waals surface area contributed by atoms with Crippen molar-refractivity contribution in [2.45, 2.75) is 83.7 Å². The molecule has 2 heterocycles. The van der Waals surface area contributed by atoms with E-state index in [4.69, 9.17) is 18.6 Å². The lowest BCUT2D eigenvalue weighted by Crippen LogP contribution is -2.44. The van der Waals surface area contributed by atoms with E-state index in [0.717, 1.165) is 0 Å². The van der Waals surface area contributed by atoms with Gasteiger partial charge < -0.3 is 18.6 Å². The van der Waals surface area contributed by atoms with E-state index >= 15 is 0 Å². The van der Waals surface area contributed by atoms with Crippen molar-refractivity contribution in [1.29, 1.82) is 0 Å². The van der Waals surface area contributed by atoms with Gasteiger partial charge in [0.25, 0.3) is 11.8 Å². The molecule has 0 radical (unpaired) electrons. The van der Waals surface area contributed by atoms with E-state index in [0.29, 0.717) is 11.6 Å². The summed E-state index contributed by atoms with van der Waals surface area (Å²) in [5, 5.41) is 9.37. The first-order valence-electron chi connectivity index (χ1n) is 13.4. The first-order chi connectivity index (χ1) is 20.4. The minimum absolute atomic E-state index is 0.139. The summed E-state index contributed by atoms with van der Waals surface area (Å²) in [7, 11) is 0. The van der Waals surface area contributed by atoms with E-state index in [2.05, 4.69) is 27.1 Å². The highest BCUT2D eigenvalue weighted by molar-refractivity contribution is 5.89. The van der Waals surface area contributed by atoms with Crippen LogP contribution in [0.5, 0.6) is 5.88 Å². The van der Waals surface area contributed by atoms with Crippen LogP contribution in [-0.4, -0.2) is 39.2 Å². The lowest BCUT2D eigenvalue weighted by atomic mass is 9.99. The molecule has 2 aromatic heterocycles. The van der Waals surface area contributed by atoms with Gasteiger partial charge in [0.1, 0.15) is 17.3 Å². The van der Waals surface area contributed by atoms with E-state index < -0.39 is 83.4 Å². The Balaban J connectivity index is 2.18. The van der Waals surface area contributed by atoms with Crippen LogP contribution in [0.25, 0.3) is 11.6 Å². The summed E-state index contributed by atoms with van der Waals surface area (Å²) in [4.78, 5) is 16.5. The molecule has 1 N–H and O–H groups in total. The van der Waals surface area contributed by atoms with Crippen LogP contribution >= 0.6 is 0 Å². The van der Waals surface area contributed by atoms with Gasteiger partial charge in [-0.05, 0) is 45.7 Å². The van der Waals surface area contributed by atoms with Crippen LogP contribution in [0.2, 0.25) is 0 Å². The summed E-state index contributed by atoms with van der Waals surface area (Å²) >= 11 is 0. The highest BCUT2D eigenvalue weighted by Gasteiger charge is 2.60. The third kappa shape index (κ3) is 8.27. The summed E-state index contributed by atoms with van der Waals surface area (Å²) in [6.07, 6.45) is -11.2. The quantitative estimate of drug-likeness (QED) is 0.167. The Morgan fingerprint density at radius 3 is 2.30 bits per heavy atom. The average Bonchev–Trinajstić information content (AvgIpc) is 3.38. The van der Waals surface area contributed by atoms with Gasteiger partial charge in [-0.2, -0.15) is 26.3 Å². The molecule has 2 atom stereocenters. The molecule has 0 saturated heterocycles. The third-order valence-electron chi connectivity index (χ3n) is 6.00. The zero-order valence-electron chi connectivity index (χ0n) is 24.6. The Kier molecular flexibility index (Phi) is 10.3. The smallest absolute Gasteiger partial charge is 0.426 e. The number of nitrogens with zero attached hydrogens (tertiary/aromatic N) is 3. The van der Waals surface area contributed by atoms with Crippen LogP contribution in [0, 0.1) is 0 Å². The van der Waals surface area contributed by atoms with Gasteiger partial charge in [0.2, 0.25) is 11.5 Å². The average molecular weight is 631 g/mol. The highest BCUT2D eigenvalue weighted by Crippen LogP contribution is 2.46. The SMILES string of the molecule is C=CC[C@H](C)Oc1nc(-c2nnc(C(CC)(OCc3ccccc3)C(F)(F)F)o2)c(NC(=O)OC(C)(C)C)cc1C(F)(F)F. The maximum atomic E-state index is 14.6. The van der Waals surface area contributed by atoms with E-state index in [-0.39, 0.29) is 6.42 Å². The van der Waals surface area contributed by atoms with E-state index in [1.165, 1.54) is 40.7 Å². The van der Waals surface area contributed by atoms with Gasteiger partial charge in [-0.25, -0.2) is 9.78 Å². The second-order valence-electron chi connectivity index (χ2n) is 10.7. The largest absolute Gasteiger partial charge is 0.474 e. The number of carbonyl (C=O) groups excluding carboxylic acids is 1. The number of pyridine rings is 1. The maximum Gasteiger partial charge on any atom is 0.426 e. The fourth-order valence-electron chi connectivity index (χ4n) is 3.92. The first-order valence-corrected chi connectivity index (χ1v) is 13.4. The van der Waals surface area contributed by atoms with Crippen molar-refractivity contribution in [3.63, 3.8) is 0 Å². The maximum absolute atomic E-state index is 14.6. The molecule has 0 bridgehead atoms. The van der Waals surface area contributed by atoms with Crippen LogP contribution < -0.4 is 10.1 Å². The summed E-state index contributed by atoms with van der Waals surface area (Å²) < 4.78 is 107. The standard InChI is InChI=1S/C29H32F6N4O5/c1-7-12-17(3)42-22-19(28(30,31)32)15-20(36-25(40)44-26(4,5)6)21(37-22)23-38-39-24(43-23)27(8-2,29(33,34)35)41-16-18-13-10-9-11-14-18/h7,9-11,13-15,17H,1,8,12,16H2,2-6H3,(H,36,40)/t17-,27?/m0/s1. The normalized spacial score (nSPS) is 14.4. The number of halogens is 6. The van der Waals surface area contributed by atoms with Gasteiger partial charge in [-0.3, -0.25) is 5.32 Å². The van der Waals surface area contributed by atoms with Crippen LogP contribution in [0.3, 0.4) is 0 Å². The van der Waals surface area contributed by atoms with Crippen LogP contribution in [-0.2, 0) is 27.9 Å². The molecule has 3 rings (SSSR count). The summed E-state index contributed by atoms with van der Waals surface area (Å²) in [5.41, 5.74) is -6.32. The van der Waals surface area contributed by atoms with Gasteiger partial charge in [0.15, 0.2) is 5.69 Å². The molecule has 240 valence electrons. The highest BCUT2D eigenvalue weighted by atomic mass is 19.4. The number of hydrogen-bond donors (Lipinski definition) is 1. The van der Waals surface area contributed by atoms with E-state index in [1.54, 1.807) is 30.3 Å². The number of hydrogen-bond acceptors (Lipinski definition) is 8. The number of ether oxygens (including phenoxy) is 3. The Morgan fingerprint density at radius 1 is 1.09 bits per heavy atom. The molecular formula is C29H32F6N4O5. The monoisotopic (exact) mass is 630 g/mol. The van der Waals surface area contributed by atoms with E-state index in [1.807, 2.05) is 0 Å². The van der Waals surface area contributed by atoms with Gasteiger partial charge >= 0.3 is 18.4 Å². The minimum Gasteiger partial charge on any atom is -0.474 e. The molecule has 0 aliphatic heterocycles. The minimum atomic E-state index is -5.06. The van der Waals surface area contributed by atoms with Crippen molar-refractivity contribution >= 4 is 11.8 Å². The number of amides is 1. The van der Waals surface area contributed by atoms with Crippen LogP contribution in [0.4, 0.5) is 36.8 Å². The molecular weight excluding hydrogens is 598 g/mol. The number of rotatable bonds is 11. The van der Waals surface area contributed by atoms with Crippen LogP contribution in [0.1, 0.15) is 64.5 Å². The Bertz CT molecular complexity index is 1440. The molecule has 1 unspecified atom stereocenters. The summed E-state index contributed by atoms with van der Waals surface area (Å²) in [5.74, 6) is -2.70. The second-order valence-corrected chi connectivity index (χ2v) is 10.7. The Labute approximate surface area is 249 Å². The predicted molar refractivity (Wildman–Crippen MR) is 147 cm³/mol. The molecule has 9 nitrogen and oxygen atoms in total. The van der Waals surface area contributed by atoms with Crippen molar-refractivity contribution in [2.75, 3.05) is 5.32 Å². The number of anilines is 1. The second kappa shape index (κ2) is 13.2. The van der Waals surface area contributed by atoms with Gasteiger partial charge in [-0.15, -0.1) is 16.8 Å². The molecule has 1 amide bonds. The van der Waals surface area contributed by atoms with Crippen molar-refractivity contribution in [1.82, 2.24) is 15.2 Å². The third-order valence-corrected chi connectivity index (χ3v) is 6.00. The molecule has 0 saturated carbocycles. The number of carbonyl (C=O) groups is 1. The van der Waals surface area contributed by atoms with Gasteiger partial charge in [0.05, 0.1) is 12.3 Å². The summed E-state index contributed by atoms with van der Waals surface area (Å²) in [6, 6.07) is 8.54. The van der Waals surface area contributed by atoms with Gasteiger partial charge in [0, 0.05) is 6.42 Å². The molecule has 44 heavy (non-hydrogen) atoms. The molecule has 0 fully saturated rings. The molecule has 1 aromatic carbocycles. The molecule has 0 aliphatic rings. The van der Waals surface area contributed by atoms with Crippen LogP contribution in [0.15, 0.2) is 53.5 Å². The predicted octanol–water partition coefficient (Wildman–Crippen LogP) is 8.23. The van der Waals surface area contributed by atoms with Gasteiger partial charge in [-0.1, -0.05) is 43.3 Å². The van der Waals surface area contributed by atoms with Crippen molar-refractivity contribution < 1.29 is 49.8 Å². The summed E-state index contributed by atoms with van der Waals surface area (Å²) in [6.45, 7) is 10.3. The van der Waals surface area contributed by atoms with Crippen molar-refractivity contribution in [3.05, 3.63) is 66.1 Å². The van der Waals surface area contributed by atoms with Crippen molar-refractivity contribution in [2.24, 2.45) is 0 Å². The first kappa shape index (κ1) is 34.4. The molecule has 3 aromatic rings. The lowest BCUT2D eigenvalue weighted by molar-refractivity contribution is -0.298. The topological polar surface area (TPSA) is 109 Å². The number of nitrogens with one attached hydrogen (secondary N) is 1. The lowest BCUT2D eigenvalue weighted by Gasteiger charge is -2.31. The zero-order chi connectivity index (χ0) is 32.9. The van der Waals surface area contributed by atoms with Crippen molar-refractivity contribution in [3.8, 4) is 17.5 Å². The number of aromatic nitrogens is 3. The van der Waals surface area contributed by atoms with E-state index in [9.17, 15) is 31.1 Å². The molecule has 0 aliphatic carbocycles. The Hall–Kier alpha value is -4.14. The molecule has 0 spiro atoms. The fraction of sp³-hybridized carbons (Fsp3) is 0.448. The molecule has 15 heteroatoms. The number of benzene rings is 1.